The Hall–Kier alpha value is -3.37. The molecule has 0 bridgehead atoms. The summed E-state index contributed by atoms with van der Waals surface area (Å²) in [5.41, 5.74) is 2.73. The summed E-state index contributed by atoms with van der Waals surface area (Å²) < 4.78 is 27.8. The van der Waals surface area contributed by atoms with Crippen molar-refractivity contribution in [2.24, 2.45) is 5.92 Å². The summed E-state index contributed by atoms with van der Waals surface area (Å²) in [4.78, 5) is 11.0. The highest BCUT2D eigenvalue weighted by Gasteiger charge is 2.39. The monoisotopic (exact) mass is 406 g/mol. The second-order valence-electron chi connectivity index (χ2n) is 7.25. The fraction of sp³-hybridized carbons (Fsp3) is 0.182. The lowest BCUT2D eigenvalue weighted by molar-refractivity contribution is -0.131. The largest absolute Gasteiger partial charge is 0.478 e. The van der Waals surface area contributed by atoms with Crippen LogP contribution < -0.4 is 0 Å². The Kier molecular flexibility index (Phi) is 4.52. The summed E-state index contributed by atoms with van der Waals surface area (Å²) in [5.74, 6) is -0.943. The normalized spacial score (nSPS) is 18.8. The van der Waals surface area contributed by atoms with Crippen molar-refractivity contribution in [1.29, 1.82) is 5.26 Å². The predicted molar refractivity (Wildman–Crippen MR) is 108 cm³/mol. The average Bonchev–Trinajstić information content (AvgIpc) is 3.37. The van der Waals surface area contributed by atoms with Crippen molar-refractivity contribution in [3.8, 4) is 6.07 Å². The highest BCUT2D eigenvalue weighted by molar-refractivity contribution is 7.90. The zero-order chi connectivity index (χ0) is 20.8. The second kappa shape index (κ2) is 6.90. The van der Waals surface area contributed by atoms with E-state index in [9.17, 15) is 18.5 Å². The highest BCUT2D eigenvalue weighted by Crippen LogP contribution is 2.51. The number of rotatable bonds is 5. The Morgan fingerprint density at radius 3 is 2.62 bits per heavy atom. The van der Waals surface area contributed by atoms with Crippen LogP contribution in [0.15, 0.2) is 65.7 Å². The molecule has 0 radical (unpaired) electrons. The Bertz CT molecular complexity index is 1300. The second-order valence-corrected chi connectivity index (χ2v) is 9.06. The van der Waals surface area contributed by atoms with Gasteiger partial charge in [0.15, 0.2) is 0 Å². The van der Waals surface area contributed by atoms with Gasteiger partial charge in [-0.3, -0.25) is 0 Å². The number of benzene rings is 2. The minimum Gasteiger partial charge on any atom is -0.478 e. The molecule has 2 unspecified atom stereocenters. The van der Waals surface area contributed by atoms with Gasteiger partial charge >= 0.3 is 5.97 Å². The molecule has 0 spiro atoms. The van der Waals surface area contributed by atoms with E-state index in [1.165, 1.54) is 3.97 Å². The van der Waals surface area contributed by atoms with Crippen LogP contribution in [0, 0.1) is 24.2 Å². The van der Waals surface area contributed by atoms with Crippen molar-refractivity contribution in [2.45, 2.75) is 24.2 Å². The molecule has 146 valence electrons. The number of nitrogens with zero attached hydrogens (tertiary/aromatic N) is 2. The number of hydrogen-bond acceptors (Lipinski definition) is 4. The van der Waals surface area contributed by atoms with E-state index >= 15 is 0 Å². The maximum atomic E-state index is 13.3. The van der Waals surface area contributed by atoms with Crippen molar-refractivity contribution < 1.29 is 18.3 Å². The highest BCUT2D eigenvalue weighted by atomic mass is 32.2. The molecule has 7 heteroatoms. The zero-order valence-corrected chi connectivity index (χ0v) is 16.4. The third-order valence-corrected chi connectivity index (χ3v) is 6.92. The van der Waals surface area contributed by atoms with Gasteiger partial charge < -0.3 is 5.11 Å². The molecule has 6 nitrogen and oxygen atoms in total. The van der Waals surface area contributed by atoms with Crippen LogP contribution in [0.1, 0.15) is 29.0 Å². The predicted octanol–water partition coefficient (Wildman–Crippen LogP) is 3.80. The Labute approximate surface area is 168 Å². The summed E-state index contributed by atoms with van der Waals surface area (Å²) >= 11 is 0. The fourth-order valence-electron chi connectivity index (χ4n) is 3.60. The summed E-state index contributed by atoms with van der Waals surface area (Å²) in [6.45, 7) is 1.89. The van der Waals surface area contributed by atoms with Gasteiger partial charge in [-0.15, -0.1) is 0 Å². The molecule has 1 fully saturated rings. The lowest BCUT2D eigenvalue weighted by atomic mass is 10.1. The van der Waals surface area contributed by atoms with Gasteiger partial charge in [0.05, 0.1) is 22.0 Å². The zero-order valence-electron chi connectivity index (χ0n) is 15.6. The first kappa shape index (κ1) is 19.0. The molecular formula is C22H18N2O4S. The number of carboxylic acids is 1. The lowest BCUT2D eigenvalue weighted by Crippen LogP contribution is -2.11. The Morgan fingerprint density at radius 1 is 1.24 bits per heavy atom. The first-order valence-electron chi connectivity index (χ1n) is 9.10. The van der Waals surface area contributed by atoms with Crippen LogP contribution in [-0.2, 0) is 14.8 Å². The summed E-state index contributed by atoms with van der Waals surface area (Å²) in [6.07, 6.45) is 5.11. The third-order valence-electron chi connectivity index (χ3n) is 5.23. The maximum absolute atomic E-state index is 13.3. The molecule has 3 aromatic rings. The molecule has 1 heterocycles. The number of aryl methyl sites for hydroxylation is 1. The van der Waals surface area contributed by atoms with Gasteiger partial charge in [0.1, 0.15) is 0 Å². The van der Waals surface area contributed by atoms with E-state index in [0.717, 1.165) is 23.6 Å². The summed E-state index contributed by atoms with van der Waals surface area (Å²) in [7, 11) is -3.81. The Balaban J connectivity index is 1.85. The third kappa shape index (κ3) is 3.43. The topological polar surface area (TPSA) is 100 Å². The number of carboxylic acid groups (broad SMARTS) is 1. The van der Waals surface area contributed by atoms with E-state index in [0.29, 0.717) is 16.5 Å². The molecule has 2 atom stereocenters. The maximum Gasteiger partial charge on any atom is 0.327 e. The first-order chi connectivity index (χ1) is 13.8. The van der Waals surface area contributed by atoms with Crippen molar-refractivity contribution in [3.05, 3.63) is 77.5 Å². The molecule has 0 aliphatic heterocycles. The average molecular weight is 406 g/mol. The number of aromatic nitrogens is 1. The molecule has 1 aliphatic carbocycles. The van der Waals surface area contributed by atoms with Gasteiger partial charge in [-0.2, -0.15) is 5.26 Å². The first-order valence-corrected chi connectivity index (χ1v) is 10.5. The molecular weight excluding hydrogens is 388 g/mol. The molecule has 2 aromatic carbocycles. The van der Waals surface area contributed by atoms with Crippen molar-refractivity contribution in [3.63, 3.8) is 0 Å². The lowest BCUT2D eigenvalue weighted by Gasteiger charge is -2.08. The number of nitriles is 1. The van der Waals surface area contributed by atoms with Gasteiger partial charge in [0.2, 0.25) is 0 Å². The van der Waals surface area contributed by atoms with Crippen molar-refractivity contribution >= 4 is 26.9 Å². The van der Waals surface area contributed by atoms with Crippen molar-refractivity contribution in [1.82, 2.24) is 3.97 Å². The van der Waals surface area contributed by atoms with Crippen LogP contribution in [0.3, 0.4) is 0 Å². The standard InChI is InChI=1S/C22H18N2O4S/c1-14-2-6-17(7-3-14)29(27,28)24-13-20(18-11-16(18)5-9-22(25)26)19-10-15(12-23)4-8-21(19)24/h2-10,13,16,18H,11H2,1H3,(H,25,26)/b9-5+. The summed E-state index contributed by atoms with van der Waals surface area (Å²) in [5, 5.41) is 18.8. The van der Waals surface area contributed by atoms with Crippen molar-refractivity contribution in [2.75, 3.05) is 0 Å². The van der Waals surface area contributed by atoms with Gasteiger partial charge in [-0.05, 0) is 61.1 Å². The van der Waals surface area contributed by atoms with Crippen LogP contribution in [-0.4, -0.2) is 23.5 Å². The van der Waals surface area contributed by atoms with E-state index < -0.39 is 16.0 Å². The quantitative estimate of drug-likeness (QED) is 0.650. The number of carbonyl (C=O) groups is 1. The van der Waals surface area contributed by atoms with Crippen LogP contribution in [0.25, 0.3) is 10.9 Å². The SMILES string of the molecule is Cc1ccc(S(=O)(=O)n2cc(C3CC3/C=C/C(=O)O)c3cc(C#N)ccc32)cc1. The number of hydrogen-bond donors (Lipinski definition) is 1. The van der Waals surface area contributed by atoms with Gasteiger partial charge in [0.25, 0.3) is 10.0 Å². The minimum atomic E-state index is -3.81. The number of allylic oxidation sites excluding steroid dienone is 1. The van der Waals surface area contributed by atoms with Gasteiger partial charge in [-0.1, -0.05) is 23.8 Å². The van der Waals surface area contributed by atoms with Crippen LogP contribution in [0.5, 0.6) is 0 Å². The molecule has 29 heavy (non-hydrogen) atoms. The molecule has 1 N–H and O–H groups in total. The Morgan fingerprint density at radius 2 is 1.97 bits per heavy atom. The molecule has 4 rings (SSSR count). The fourth-order valence-corrected chi connectivity index (χ4v) is 4.98. The van der Waals surface area contributed by atoms with E-state index in [1.54, 1.807) is 54.7 Å². The van der Waals surface area contributed by atoms with E-state index in [-0.39, 0.29) is 16.7 Å². The van der Waals surface area contributed by atoms with Crippen LogP contribution >= 0.6 is 0 Å². The van der Waals surface area contributed by atoms with E-state index in [4.69, 9.17) is 5.11 Å². The van der Waals surface area contributed by atoms with E-state index in [2.05, 4.69) is 6.07 Å². The van der Waals surface area contributed by atoms with Gasteiger partial charge in [-0.25, -0.2) is 17.2 Å². The molecule has 1 aliphatic rings. The molecule has 1 saturated carbocycles. The summed E-state index contributed by atoms with van der Waals surface area (Å²) in [6, 6.07) is 13.7. The minimum absolute atomic E-state index is 0.0245. The molecule has 1 aromatic heterocycles. The van der Waals surface area contributed by atoms with Crippen LogP contribution in [0.4, 0.5) is 0 Å². The molecule has 0 saturated heterocycles. The van der Waals surface area contributed by atoms with E-state index in [1.807, 2.05) is 6.92 Å². The van der Waals surface area contributed by atoms with Gasteiger partial charge in [0, 0.05) is 17.7 Å². The van der Waals surface area contributed by atoms with Crippen LogP contribution in [0.2, 0.25) is 0 Å². The molecule has 0 amide bonds. The number of fused-ring (bicyclic) bond motifs is 1. The number of aliphatic carboxylic acids is 1. The smallest absolute Gasteiger partial charge is 0.327 e.